The van der Waals surface area contributed by atoms with Crippen LogP contribution in [-0.4, -0.2) is 45.0 Å². The molecule has 0 saturated carbocycles. The highest BCUT2D eigenvalue weighted by atomic mass is 15.3. The molecule has 0 amide bonds. The van der Waals surface area contributed by atoms with Crippen LogP contribution in [0, 0.1) is 0 Å². The largest absolute Gasteiger partial charge is 0.352 e. The third-order valence-electron chi connectivity index (χ3n) is 4.99. The van der Waals surface area contributed by atoms with Crippen LogP contribution in [0.2, 0.25) is 0 Å². The molecule has 0 radical (unpaired) electrons. The van der Waals surface area contributed by atoms with E-state index in [1.54, 1.807) is 6.33 Å². The third kappa shape index (κ3) is 2.46. The number of hydrogen-bond donors (Lipinski definition) is 1. The molecule has 3 heterocycles. The fourth-order valence-electron chi connectivity index (χ4n) is 3.87. The van der Waals surface area contributed by atoms with Crippen LogP contribution < -0.4 is 5.32 Å². The van der Waals surface area contributed by atoms with Gasteiger partial charge >= 0.3 is 0 Å². The first-order chi connectivity index (χ1) is 10.9. The molecule has 0 bridgehead atoms. The molecule has 0 spiro atoms. The van der Waals surface area contributed by atoms with Gasteiger partial charge in [-0.1, -0.05) is 30.3 Å². The molecule has 1 N–H and O–H groups in total. The predicted octanol–water partition coefficient (Wildman–Crippen LogP) is 2.58. The van der Waals surface area contributed by atoms with E-state index in [0.717, 1.165) is 17.9 Å². The number of rotatable bonds is 4. The topological polar surface area (TPSA) is 53.9 Å². The van der Waals surface area contributed by atoms with Gasteiger partial charge in [0.15, 0.2) is 5.82 Å². The summed E-state index contributed by atoms with van der Waals surface area (Å²) in [5.41, 5.74) is 1.36. The zero-order valence-corrected chi connectivity index (χ0v) is 12.7. The summed E-state index contributed by atoms with van der Waals surface area (Å²) >= 11 is 0. The van der Waals surface area contributed by atoms with Crippen molar-refractivity contribution in [3.63, 3.8) is 0 Å². The Morgan fingerprint density at radius 2 is 1.82 bits per heavy atom. The molecular formula is C17H21N5. The average molecular weight is 295 g/mol. The van der Waals surface area contributed by atoms with Crippen LogP contribution >= 0.6 is 0 Å². The third-order valence-corrected chi connectivity index (χ3v) is 4.99. The Kier molecular flexibility index (Phi) is 3.50. The van der Waals surface area contributed by atoms with Gasteiger partial charge in [0.2, 0.25) is 5.95 Å². The summed E-state index contributed by atoms with van der Waals surface area (Å²) in [7, 11) is 0. The Morgan fingerprint density at radius 3 is 2.59 bits per heavy atom. The molecule has 1 aromatic heterocycles. The summed E-state index contributed by atoms with van der Waals surface area (Å²) in [6.45, 7) is 3.42. The molecule has 2 aliphatic rings. The van der Waals surface area contributed by atoms with Crippen molar-refractivity contribution in [2.24, 2.45) is 0 Å². The van der Waals surface area contributed by atoms with Gasteiger partial charge in [0.25, 0.3) is 0 Å². The molecule has 2 fully saturated rings. The van der Waals surface area contributed by atoms with Gasteiger partial charge in [0.05, 0.1) is 0 Å². The minimum atomic E-state index is 0.333. The average Bonchev–Trinajstić information content (AvgIpc) is 3.14. The fraction of sp³-hybridized carbons (Fsp3) is 0.471. The summed E-state index contributed by atoms with van der Waals surface area (Å²) in [5.74, 6) is 1.41. The summed E-state index contributed by atoms with van der Waals surface area (Å²) in [6, 6.07) is 10.0. The number of fused-ring (bicyclic) bond motifs is 1. The second-order valence-electron chi connectivity index (χ2n) is 6.27. The highest BCUT2D eigenvalue weighted by molar-refractivity contribution is 5.55. The van der Waals surface area contributed by atoms with E-state index in [9.17, 15) is 0 Å². The summed E-state index contributed by atoms with van der Waals surface area (Å²) in [5, 5.41) is 3.46. The summed E-state index contributed by atoms with van der Waals surface area (Å²) in [4.78, 5) is 15.8. The predicted molar refractivity (Wildman–Crippen MR) is 86.5 cm³/mol. The smallest absolute Gasteiger partial charge is 0.226 e. The van der Waals surface area contributed by atoms with Crippen molar-refractivity contribution in [1.29, 1.82) is 0 Å². The molecule has 1 aromatic carbocycles. The zero-order chi connectivity index (χ0) is 14.8. The number of aromatic nitrogens is 3. The maximum absolute atomic E-state index is 4.56. The lowest BCUT2D eigenvalue weighted by molar-refractivity contribution is 0.209. The lowest BCUT2D eigenvalue weighted by atomic mass is 9.94. The van der Waals surface area contributed by atoms with Crippen LogP contribution in [0.4, 0.5) is 5.95 Å². The van der Waals surface area contributed by atoms with E-state index >= 15 is 0 Å². The van der Waals surface area contributed by atoms with E-state index in [2.05, 4.69) is 25.2 Å². The number of anilines is 1. The van der Waals surface area contributed by atoms with Crippen molar-refractivity contribution in [2.75, 3.05) is 25.0 Å². The molecule has 0 unspecified atom stereocenters. The maximum atomic E-state index is 4.56. The van der Waals surface area contributed by atoms with Gasteiger partial charge in [0, 0.05) is 17.6 Å². The highest BCUT2D eigenvalue weighted by Crippen LogP contribution is 2.38. The van der Waals surface area contributed by atoms with E-state index in [0.29, 0.717) is 11.5 Å². The van der Waals surface area contributed by atoms with E-state index in [1.807, 2.05) is 30.3 Å². The molecule has 114 valence electrons. The molecule has 5 heteroatoms. The Balaban J connectivity index is 1.50. The molecule has 0 aliphatic carbocycles. The normalized spacial score (nSPS) is 20.0. The SMILES string of the molecule is c1ccc(-c2ncnc(NCC34CCCN3CCC4)n2)cc1. The molecule has 4 rings (SSSR count). The standard InChI is InChI=1S/C17H21N5/c1-2-6-14(7-3-1)15-19-13-20-16(21-15)18-12-17-8-4-10-22(17)11-5-9-17/h1-3,6-7,13H,4-5,8-12H2,(H,18,19,20,21). The Hall–Kier alpha value is -2.01. The van der Waals surface area contributed by atoms with Crippen LogP contribution in [0.15, 0.2) is 36.7 Å². The van der Waals surface area contributed by atoms with E-state index < -0.39 is 0 Å². The lowest BCUT2D eigenvalue weighted by Crippen LogP contribution is -2.44. The van der Waals surface area contributed by atoms with Gasteiger partial charge in [-0.25, -0.2) is 9.97 Å². The molecule has 22 heavy (non-hydrogen) atoms. The molecule has 2 aliphatic heterocycles. The highest BCUT2D eigenvalue weighted by Gasteiger charge is 2.43. The van der Waals surface area contributed by atoms with Crippen molar-refractivity contribution < 1.29 is 0 Å². The second-order valence-corrected chi connectivity index (χ2v) is 6.27. The van der Waals surface area contributed by atoms with Gasteiger partial charge in [-0.3, -0.25) is 4.90 Å². The number of nitrogens with zero attached hydrogens (tertiary/aromatic N) is 4. The van der Waals surface area contributed by atoms with Crippen molar-refractivity contribution in [3.05, 3.63) is 36.7 Å². The monoisotopic (exact) mass is 295 g/mol. The Morgan fingerprint density at radius 1 is 1.05 bits per heavy atom. The lowest BCUT2D eigenvalue weighted by Gasteiger charge is -2.32. The molecule has 2 aromatic rings. The van der Waals surface area contributed by atoms with E-state index in [-0.39, 0.29) is 0 Å². The first kappa shape index (κ1) is 13.6. The van der Waals surface area contributed by atoms with Crippen molar-refractivity contribution in [1.82, 2.24) is 19.9 Å². The summed E-state index contributed by atoms with van der Waals surface area (Å²) in [6.07, 6.45) is 6.80. The molecular weight excluding hydrogens is 274 g/mol. The van der Waals surface area contributed by atoms with Crippen LogP contribution in [0.5, 0.6) is 0 Å². The van der Waals surface area contributed by atoms with Crippen molar-refractivity contribution >= 4 is 5.95 Å². The first-order valence-corrected chi connectivity index (χ1v) is 8.09. The number of hydrogen-bond acceptors (Lipinski definition) is 5. The van der Waals surface area contributed by atoms with Gasteiger partial charge in [-0.05, 0) is 38.8 Å². The van der Waals surface area contributed by atoms with Crippen LogP contribution in [0.1, 0.15) is 25.7 Å². The van der Waals surface area contributed by atoms with E-state index in [1.165, 1.54) is 38.8 Å². The number of nitrogens with one attached hydrogen (secondary N) is 1. The van der Waals surface area contributed by atoms with Crippen molar-refractivity contribution in [2.45, 2.75) is 31.2 Å². The second kappa shape index (κ2) is 5.65. The zero-order valence-electron chi connectivity index (χ0n) is 12.7. The Bertz CT molecular complexity index is 633. The maximum Gasteiger partial charge on any atom is 0.226 e. The van der Waals surface area contributed by atoms with E-state index in [4.69, 9.17) is 0 Å². The minimum Gasteiger partial charge on any atom is -0.352 e. The van der Waals surface area contributed by atoms with Gasteiger partial charge in [-0.15, -0.1) is 0 Å². The number of benzene rings is 1. The van der Waals surface area contributed by atoms with Gasteiger partial charge in [-0.2, -0.15) is 4.98 Å². The Labute approximate surface area is 130 Å². The van der Waals surface area contributed by atoms with Crippen LogP contribution in [-0.2, 0) is 0 Å². The van der Waals surface area contributed by atoms with Gasteiger partial charge < -0.3 is 5.32 Å². The molecule has 0 atom stereocenters. The fourth-order valence-corrected chi connectivity index (χ4v) is 3.87. The first-order valence-electron chi connectivity index (χ1n) is 8.09. The van der Waals surface area contributed by atoms with Crippen LogP contribution in [0.25, 0.3) is 11.4 Å². The molecule has 2 saturated heterocycles. The summed E-state index contributed by atoms with van der Waals surface area (Å²) < 4.78 is 0. The minimum absolute atomic E-state index is 0.333. The molecule has 5 nitrogen and oxygen atoms in total. The van der Waals surface area contributed by atoms with Crippen LogP contribution in [0.3, 0.4) is 0 Å². The van der Waals surface area contributed by atoms with Gasteiger partial charge in [0.1, 0.15) is 6.33 Å². The quantitative estimate of drug-likeness (QED) is 0.939. The van der Waals surface area contributed by atoms with Crippen molar-refractivity contribution in [3.8, 4) is 11.4 Å².